The Balaban J connectivity index is 2.11. The van der Waals surface area contributed by atoms with Crippen molar-refractivity contribution in [1.29, 1.82) is 0 Å². The molecule has 1 aliphatic heterocycles. The number of nitrogens with one attached hydrogen (secondary N) is 1. The van der Waals surface area contributed by atoms with Crippen LogP contribution in [0.3, 0.4) is 0 Å². The molecule has 0 spiro atoms. The molecule has 2 rings (SSSR count). The zero-order valence-corrected chi connectivity index (χ0v) is 12.2. The zero-order valence-electron chi connectivity index (χ0n) is 12.2. The number of ether oxygens (including phenoxy) is 2. The van der Waals surface area contributed by atoms with E-state index in [0.717, 1.165) is 6.42 Å². The summed E-state index contributed by atoms with van der Waals surface area (Å²) in [4.78, 5) is 12.3. The van der Waals surface area contributed by atoms with E-state index in [4.69, 9.17) is 15.2 Å². The van der Waals surface area contributed by atoms with E-state index in [1.54, 1.807) is 18.2 Å². The van der Waals surface area contributed by atoms with Gasteiger partial charge in [0.2, 0.25) is 6.79 Å². The molecule has 20 heavy (non-hydrogen) atoms. The highest BCUT2D eigenvalue weighted by Crippen LogP contribution is 2.32. The van der Waals surface area contributed by atoms with Gasteiger partial charge >= 0.3 is 0 Å². The molecular formula is C15H22N2O3. The second kappa shape index (κ2) is 5.71. The quantitative estimate of drug-likeness (QED) is 0.882. The minimum absolute atomic E-state index is 0.0328. The second-order valence-electron chi connectivity index (χ2n) is 6.04. The summed E-state index contributed by atoms with van der Waals surface area (Å²) in [5.74, 6) is 1.18. The molecule has 0 fully saturated rings. The summed E-state index contributed by atoms with van der Waals surface area (Å²) < 4.78 is 10.5. The normalized spacial score (nSPS) is 15.0. The third kappa shape index (κ3) is 3.22. The van der Waals surface area contributed by atoms with E-state index >= 15 is 0 Å². The number of hydrogen-bond donors (Lipinski definition) is 2. The van der Waals surface area contributed by atoms with E-state index < -0.39 is 0 Å². The molecule has 0 saturated carbocycles. The van der Waals surface area contributed by atoms with Gasteiger partial charge in [-0.3, -0.25) is 4.79 Å². The molecule has 5 nitrogen and oxygen atoms in total. The second-order valence-corrected chi connectivity index (χ2v) is 6.04. The van der Waals surface area contributed by atoms with Crippen LogP contribution in [0.15, 0.2) is 18.2 Å². The first kappa shape index (κ1) is 14.7. The van der Waals surface area contributed by atoms with Crippen LogP contribution in [0.5, 0.6) is 11.5 Å². The van der Waals surface area contributed by atoms with Crippen LogP contribution in [0, 0.1) is 5.41 Å². The van der Waals surface area contributed by atoms with Gasteiger partial charge in [-0.05, 0) is 36.6 Å². The summed E-state index contributed by atoms with van der Waals surface area (Å²) >= 11 is 0. The van der Waals surface area contributed by atoms with Gasteiger partial charge in [-0.15, -0.1) is 0 Å². The van der Waals surface area contributed by atoms with Crippen molar-refractivity contribution < 1.29 is 14.3 Å². The van der Waals surface area contributed by atoms with Crippen LogP contribution in [0.1, 0.15) is 37.6 Å². The molecule has 0 saturated heterocycles. The number of carbonyl (C=O) groups excluding carboxylic acids is 1. The lowest BCUT2D eigenvalue weighted by molar-refractivity contribution is 0.0898. The van der Waals surface area contributed by atoms with Gasteiger partial charge in [-0.25, -0.2) is 0 Å². The third-order valence-electron chi connectivity index (χ3n) is 3.44. The molecule has 1 unspecified atom stereocenters. The first-order valence-corrected chi connectivity index (χ1v) is 6.82. The summed E-state index contributed by atoms with van der Waals surface area (Å²) in [5.41, 5.74) is 6.16. The van der Waals surface area contributed by atoms with E-state index in [9.17, 15) is 4.79 Å². The smallest absolute Gasteiger partial charge is 0.251 e. The topological polar surface area (TPSA) is 73.6 Å². The molecule has 1 aliphatic rings. The Morgan fingerprint density at radius 1 is 1.35 bits per heavy atom. The number of nitrogens with two attached hydrogens (primary N) is 1. The summed E-state index contributed by atoms with van der Waals surface area (Å²) in [6, 6.07) is 5.24. The van der Waals surface area contributed by atoms with Crippen molar-refractivity contribution in [2.75, 3.05) is 13.3 Å². The predicted octanol–water partition coefficient (Wildman–Crippen LogP) is 1.91. The summed E-state index contributed by atoms with van der Waals surface area (Å²) in [6.07, 6.45) is 0.750. The maximum absolute atomic E-state index is 12.3. The first-order valence-electron chi connectivity index (χ1n) is 6.82. The van der Waals surface area contributed by atoms with E-state index in [2.05, 4.69) is 26.1 Å². The molecule has 1 atom stereocenters. The lowest BCUT2D eigenvalue weighted by atomic mass is 9.84. The Bertz CT molecular complexity index is 494. The standard InChI is InChI=1S/C15H22N2O3/c1-15(2,3)13(6-7-16)17-14(18)10-4-5-11-12(8-10)20-9-19-11/h4-5,8,13H,6-7,9,16H2,1-3H3,(H,17,18). The number of rotatable bonds is 4. The predicted molar refractivity (Wildman–Crippen MR) is 76.9 cm³/mol. The van der Waals surface area contributed by atoms with Gasteiger partial charge in [0.05, 0.1) is 0 Å². The molecule has 0 aromatic heterocycles. The summed E-state index contributed by atoms with van der Waals surface area (Å²) in [5, 5.41) is 3.05. The first-order chi connectivity index (χ1) is 9.41. The Morgan fingerprint density at radius 3 is 2.70 bits per heavy atom. The summed E-state index contributed by atoms with van der Waals surface area (Å²) in [7, 11) is 0. The monoisotopic (exact) mass is 278 g/mol. The minimum atomic E-state index is -0.114. The fourth-order valence-corrected chi connectivity index (χ4v) is 2.17. The van der Waals surface area contributed by atoms with Gasteiger partial charge in [-0.2, -0.15) is 0 Å². The molecule has 0 aliphatic carbocycles. The molecule has 1 heterocycles. The van der Waals surface area contributed by atoms with Crippen molar-refractivity contribution in [1.82, 2.24) is 5.32 Å². The summed E-state index contributed by atoms with van der Waals surface area (Å²) in [6.45, 7) is 7.02. The van der Waals surface area contributed by atoms with Gasteiger partial charge in [-0.1, -0.05) is 20.8 Å². The van der Waals surface area contributed by atoms with E-state index in [1.165, 1.54) is 0 Å². The van der Waals surface area contributed by atoms with Crippen molar-refractivity contribution in [3.63, 3.8) is 0 Å². The fraction of sp³-hybridized carbons (Fsp3) is 0.533. The van der Waals surface area contributed by atoms with E-state index in [1.807, 2.05) is 0 Å². The number of carbonyl (C=O) groups is 1. The zero-order chi connectivity index (χ0) is 14.8. The fourth-order valence-electron chi connectivity index (χ4n) is 2.17. The van der Waals surface area contributed by atoms with Crippen LogP contribution in [0.2, 0.25) is 0 Å². The van der Waals surface area contributed by atoms with Gasteiger partial charge < -0.3 is 20.5 Å². The molecule has 1 aromatic carbocycles. The highest BCUT2D eigenvalue weighted by atomic mass is 16.7. The molecule has 0 radical (unpaired) electrons. The van der Waals surface area contributed by atoms with Crippen LogP contribution >= 0.6 is 0 Å². The molecule has 1 aromatic rings. The van der Waals surface area contributed by atoms with Crippen molar-refractivity contribution in [2.24, 2.45) is 11.1 Å². The van der Waals surface area contributed by atoms with E-state index in [0.29, 0.717) is 23.6 Å². The number of amides is 1. The molecule has 110 valence electrons. The van der Waals surface area contributed by atoms with Crippen molar-refractivity contribution in [3.05, 3.63) is 23.8 Å². The lowest BCUT2D eigenvalue weighted by Crippen LogP contribution is -2.44. The van der Waals surface area contributed by atoms with E-state index in [-0.39, 0.29) is 24.2 Å². The Kier molecular flexibility index (Phi) is 4.18. The molecule has 1 amide bonds. The maximum Gasteiger partial charge on any atom is 0.251 e. The average molecular weight is 278 g/mol. The Morgan fingerprint density at radius 2 is 2.05 bits per heavy atom. The van der Waals surface area contributed by atoms with Crippen molar-refractivity contribution in [3.8, 4) is 11.5 Å². The molecular weight excluding hydrogens is 256 g/mol. The van der Waals surface area contributed by atoms with Crippen LogP contribution in [-0.4, -0.2) is 25.3 Å². The van der Waals surface area contributed by atoms with Crippen LogP contribution in [0.4, 0.5) is 0 Å². The largest absolute Gasteiger partial charge is 0.454 e. The third-order valence-corrected chi connectivity index (χ3v) is 3.44. The molecule has 0 bridgehead atoms. The van der Waals surface area contributed by atoms with Crippen molar-refractivity contribution in [2.45, 2.75) is 33.2 Å². The van der Waals surface area contributed by atoms with Crippen LogP contribution < -0.4 is 20.5 Å². The Hall–Kier alpha value is -1.75. The minimum Gasteiger partial charge on any atom is -0.454 e. The molecule has 5 heteroatoms. The van der Waals surface area contributed by atoms with Crippen LogP contribution in [-0.2, 0) is 0 Å². The van der Waals surface area contributed by atoms with Gasteiger partial charge in [0, 0.05) is 11.6 Å². The number of hydrogen-bond acceptors (Lipinski definition) is 4. The maximum atomic E-state index is 12.3. The van der Waals surface area contributed by atoms with Gasteiger partial charge in [0.1, 0.15) is 0 Å². The lowest BCUT2D eigenvalue weighted by Gasteiger charge is -2.31. The highest BCUT2D eigenvalue weighted by Gasteiger charge is 2.26. The van der Waals surface area contributed by atoms with Gasteiger partial charge in [0.25, 0.3) is 5.91 Å². The number of benzene rings is 1. The van der Waals surface area contributed by atoms with Crippen molar-refractivity contribution >= 4 is 5.91 Å². The Labute approximate surface area is 119 Å². The number of fused-ring (bicyclic) bond motifs is 1. The van der Waals surface area contributed by atoms with Gasteiger partial charge in [0.15, 0.2) is 11.5 Å². The average Bonchev–Trinajstić information content (AvgIpc) is 2.84. The van der Waals surface area contributed by atoms with Crippen LogP contribution in [0.25, 0.3) is 0 Å². The molecule has 3 N–H and O–H groups in total. The highest BCUT2D eigenvalue weighted by molar-refractivity contribution is 5.95. The SMILES string of the molecule is CC(C)(C)C(CCN)NC(=O)c1ccc2c(c1)OCO2.